The van der Waals surface area contributed by atoms with Crippen molar-refractivity contribution < 1.29 is 9.53 Å². The maximum Gasteiger partial charge on any atom is 0.127 e. The average molecular weight is 347 g/mol. The van der Waals surface area contributed by atoms with Crippen molar-refractivity contribution in [3.63, 3.8) is 0 Å². The maximum atomic E-state index is 10.5. The Labute approximate surface area is 155 Å². The molecule has 0 heterocycles. The first kappa shape index (κ1) is 18.2. The molecular formula is C23H25NO2. The van der Waals surface area contributed by atoms with Gasteiger partial charge in [0.2, 0.25) is 0 Å². The van der Waals surface area contributed by atoms with E-state index in [9.17, 15) is 4.79 Å². The van der Waals surface area contributed by atoms with Crippen LogP contribution in [0.2, 0.25) is 0 Å². The fraction of sp³-hybridized carbons (Fsp3) is 0.261. The lowest BCUT2D eigenvalue weighted by Crippen LogP contribution is -2.30. The normalized spacial score (nSPS) is 15.0. The lowest BCUT2D eigenvalue weighted by atomic mass is 9.94. The van der Waals surface area contributed by atoms with Crippen molar-refractivity contribution in [2.24, 2.45) is 0 Å². The molecule has 26 heavy (non-hydrogen) atoms. The Hall–Kier alpha value is -2.65. The number of methoxy groups -OCH3 is 1. The van der Waals surface area contributed by atoms with Gasteiger partial charge in [0.1, 0.15) is 12.5 Å². The molecule has 0 spiro atoms. The van der Waals surface area contributed by atoms with E-state index in [-0.39, 0.29) is 6.23 Å². The van der Waals surface area contributed by atoms with E-state index in [2.05, 4.69) is 66.0 Å². The number of hydrogen-bond donors (Lipinski definition) is 1. The monoisotopic (exact) mass is 347 g/mol. The number of rotatable bonds is 8. The Balaban J connectivity index is 1.66. The van der Waals surface area contributed by atoms with Crippen LogP contribution >= 0.6 is 0 Å². The van der Waals surface area contributed by atoms with Crippen molar-refractivity contribution in [3.05, 3.63) is 78.0 Å². The molecule has 1 atom stereocenters. The van der Waals surface area contributed by atoms with E-state index in [4.69, 9.17) is 4.74 Å². The summed E-state index contributed by atoms with van der Waals surface area (Å²) in [4.78, 5) is 10.5. The lowest BCUT2D eigenvalue weighted by Gasteiger charge is -2.22. The topological polar surface area (TPSA) is 38.3 Å². The second kappa shape index (κ2) is 9.16. The SMILES string of the molecule is COC(CCC=O)NC1=CC=C(c2ccc(-c3ccccc3)cc2)CC1. The third-order valence-electron chi connectivity index (χ3n) is 4.69. The van der Waals surface area contributed by atoms with Gasteiger partial charge in [-0.05, 0) is 47.6 Å². The minimum atomic E-state index is -0.105. The van der Waals surface area contributed by atoms with Crippen molar-refractivity contribution in [2.75, 3.05) is 7.11 Å². The van der Waals surface area contributed by atoms with Crippen molar-refractivity contribution in [1.82, 2.24) is 5.32 Å². The van der Waals surface area contributed by atoms with E-state index in [1.54, 1.807) is 7.11 Å². The van der Waals surface area contributed by atoms with Gasteiger partial charge < -0.3 is 14.8 Å². The first-order valence-corrected chi connectivity index (χ1v) is 9.08. The molecule has 1 aliphatic carbocycles. The lowest BCUT2D eigenvalue weighted by molar-refractivity contribution is -0.108. The number of hydrogen-bond acceptors (Lipinski definition) is 3. The molecule has 1 unspecified atom stereocenters. The molecule has 0 aliphatic heterocycles. The molecule has 3 rings (SSSR count). The Morgan fingerprint density at radius 3 is 2.27 bits per heavy atom. The van der Waals surface area contributed by atoms with Gasteiger partial charge in [-0.3, -0.25) is 0 Å². The van der Waals surface area contributed by atoms with Gasteiger partial charge in [-0.15, -0.1) is 0 Å². The minimum absolute atomic E-state index is 0.105. The summed E-state index contributed by atoms with van der Waals surface area (Å²) in [5.41, 5.74) is 6.25. The molecule has 2 aromatic carbocycles. The fourth-order valence-electron chi connectivity index (χ4n) is 3.18. The molecule has 0 saturated heterocycles. The molecule has 0 radical (unpaired) electrons. The number of allylic oxidation sites excluding steroid dienone is 4. The second-order valence-corrected chi connectivity index (χ2v) is 6.44. The summed E-state index contributed by atoms with van der Waals surface area (Å²) in [5, 5.41) is 3.38. The van der Waals surface area contributed by atoms with Gasteiger partial charge in [-0.25, -0.2) is 0 Å². The van der Waals surface area contributed by atoms with Crippen LogP contribution in [-0.2, 0) is 9.53 Å². The van der Waals surface area contributed by atoms with Crippen LogP contribution < -0.4 is 5.32 Å². The number of benzene rings is 2. The zero-order valence-electron chi connectivity index (χ0n) is 15.2. The first-order chi connectivity index (χ1) is 12.8. The maximum absolute atomic E-state index is 10.5. The molecule has 3 nitrogen and oxygen atoms in total. The Morgan fingerprint density at radius 2 is 1.65 bits per heavy atom. The van der Waals surface area contributed by atoms with Crippen LogP contribution in [0.5, 0.6) is 0 Å². The van der Waals surface area contributed by atoms with Gasteiger partial charge in [0.05, 0.1) is 0 Å². The smallest absolute Gasteiger partial charge is 0.127 e. The van der Waals surface area contributed by atoms with Crippen molar-refractivity contribution in [3.8, 4) is 11.1 Å². The van der Waals surface area contributed by atoms with Crippen molar-refractivity contribution in [2.45, 2.75) is 31.9 Å². The number of carbonyl (C=O) groups is 1. The van der Waals surface area contributed by atoms with Gasteiger partial charge in [-0.1, -0.05) is 60.7 Å². The van der Waals surface area contributed by atoms with Gasteiger partial charge in [0, 0.05) is 19.2 Å². The molecule has 2 aromatic rings. The molecule has 1 N–H and O–H groups in total. The van der Waals surface area contributed by atoms with Crippen molar-refractivity contribution in [1.29, 1.82) is 0 Å². The average Bonchev–Trinajstić information content (AvgIpc) is 2.72. The molecule has 1 aliphatic rings. The van der Waals surface area contributed by atoms with Crippen molar-refractivity contribution >= 4 is 11.9 Å². The van der Waals surface area contributed by atoms with E-state index in [0.717, 1.165) is 24.8 Å². The predicted octanol–water partition coefficient (Wildman–Crippen LogP) is 4.96. The molecular weight excluding hydrogens is 322 g/mol. The highest BCUT2D eigenvalue weighted by Gasteiger charge is 2.12. The number of carbonyl (C=O) groups excluding carboxylic acids is 1. The summed E-state index contributed by atoms with van der Waals surface area (Å²) < 4.78 is 5.39. The molecule has 134 valence electrons. The van der Waals surface area contributed by atoms with Gasteiger partial charge in [0.15, 0.2) is 0 Å². The molecule has 0 saturated carbocycles. The minimum Gasteiger partial charge on any atom is -0.364 e. The molecule has 0 bridgehead atoms. The van der Waals surface area contributed by atoms with Crippen LogP contribution in [0.1, 0.15) is 31.2 Å². The predicted molar refractivity (Wildman–Crippen MR) is 106 cm³/mol. The van der Waals surface area contributed by atoms with E-state index in [0.29, 0.717) is 12.8 Å². The largest absolute Gasteiger partial charge is 0.364 e. The molecule has 0 amide bonds. The van der Waals surface area contributed by atoms with Crippen LogP contribution in [0.15, 0.2) is 72.4 Å². The molecule has 0 aromatic heterocycles. The number of ether oxygens (including phenoxy) is 1. The third kappa shape index (κ3) is 4.70. The standard InChI is InChI=1S/C23H25NO2/c1-26-23(8-5-17-25)24-22-15-13-21(14-16-22)20-11-9-19(10-12-20)18-6-3-2-4-7-18/h2-4,6-7,9-13,15,17,23-24H,5,8,14,16H2,1H3. The zero-order chi connectivity index (χ0) is 18.2. The van der Waals surface area contributed by atoms with E-state index in [1.165, 1.54) is 22.3 Å². The second-order valence-electron chi connectivity index (χ2n) is 6.44. The molecule has 0 fully saturated rings. The van der Waals surface area contributed by atoms with E-state index >= 15 is 0 Å². The van der Waals surface area contributed by atoms with Crippen LogP contribution in [0.3, 0.4) is 0 Å². The number of nitrogens with one attached hydrogen (secondary N) is 1. The summed E-state index contributed by atoms with van der Waals surface area (Å²) in [5.74, 6) is 0. The summed E-state index contributed by atoms with van der Waals surface area (Å²) in [6, 6.07) is 19.2. The van der Waals surface area contributed by atoms with Gasteiger partial charge in [0.25, 0.3) is 0 Å². The Bertz CT molecular complexity index is 776. The summed E-state index contributed by atoms with van der Waals surface area (Å²) >= 11 is 0. The summed E-state index contributed by atoms with van der Waals surface area (Å²) in [6.45, 7) is 0. The van der Waals surface area contributed by atoms with E-state index < -0.39 is 0 Å². The molecule has 3 heteroatoms. The number of aldehydes is 1. The van der Waals surface area contributed by atoms with E-state index in [1.807, 2.05) is 6.07 Å². The van der Waals surface area contributed by atoms with Gasteiger partial charge >= 0.3 is 0 Å². The van der Waals surface area contributed by atoms with Crippen LogP contribution in [0.4, 0.5) is 0 Å². The third-order valence-corrected chi connectivity index (χ3v) is 4.69. The highest BCUT2D eigenvalue weighted by atomic mass is 16.5. The Morgan fingerprint density at radius 1 is 0.962 bits per heavy atom. The highest BCUT2D eigenvalue weighted by molar-refractivity contribution is 5.72. The fourth-order valence-corrected chi connectivity index (χ4v) is 3.18. The van der Waals surface area contributed by atoms with Crippen LogP contribution in [-0.4, -0.2) is 19.6 Å². The van der Waals surface area contributed by atoms with Crippen LogP contribution in [0.25, 0.3) is 16.7 Å². The quantitative estimate of drug-likeness (QED) is 0.542. The Kier molecular flexibility index (Phi) is 6.39. The first-order valence-electron chi connectivity index (χ1n) is 9.08. The summed E-state index contributed by atoms with van der Waals surface area (Å²) in [6.07, 6.45) is 8.27. The summed E-state index contributed by atoms with van der Waals surface area (Å²) in [7, 11) is 1.67. The van der Waals surface area contributed by atoms with Gasteiger partial charge in [-0.2, -0.15) is 0 Å². The zero-order valence-corrected chi connectivity index (χ0v) is 15.2. The van der Waals surface area contributed by atoms with Crippen LogP contribution in [0, 0.1) is 0 Å². The highest BCUT2D eigenvalue weighted by Crippen LogP contribution is 2.28.